The maximum Gasteiger partial charge on any atom is 0.125 e. The summed E-state index contributed by atoms with van der Waals surface area (Å²) in [5.74, 6) is 6.68. The van der Waals surface area contributed by atoms with Gasteiger partial charge in [-0.3, -0.25) is 0 Å². The van der Waals surface area contributed by atoms with Crippen molar-refractivity contribution in [1.29, 1.82) is 0 Å². The average Bonchev–Trinajstić information content (AvgIpc) is 2.38. The topological polar surface area (TPSA) is 41.5 Å². The van der Waals surface area contributed by atoms with E-state index < -0.39 is 6.10 Å². The van der Waals surface area contributed by atoms with Gasteiger partial charge in [0.1, 0.15) is 18.5 Å². The standard InChI is InChI=1S/C16H23NO2/c1-4-5-6-10-17-11-15(18)12-19-16-13(2)8-7-9-14(16)3/h7-9,15,17-18H,6,10-12H2,1-3H3. The Morgan fingerprint density at radius 3 is 2.63 bits per heavy atom. The van der Waals surface area contributed by atoms with Crippen molar-refractivity contribution < 1.29 is 9.84 Å². The number of aryl methyl sites for hydroxylation is 2. The summed E-state index contributed by atoms with van der Waals surface area (Å²) in [5.41, 5.74) is 2.19. The smallest absolute Gasteiger partial charge is 0.125 e. The van der Waals surface area contributed by atoms with E-state index in [1.165, 1.54) is 0 Å². The SMILES string of the molecule is CC#CCCNCC(O)COc1c(C)cccc1C. The fourth-order valence-corrected chi connectivity index (χ4v) is 1.81. The van der Waals surface area contributed by atoms with E-state index in [2.05, 4.69) is 17.2 Å². The number of benzene rings is 1. The minimum absolute atomic E-state index is 0.304. The molecule has 0 aromatic heterocycles. The molecule has 1 atom stereocenters. The Hall–Kier alpha value is -1.50. The van der Waals surface area contributed by atoms with Crippen LogP contribution >= 0.6 is 0 Å². The molecule has 3 heteroatoms. The maximum atomic E-state index is 9.83. The van der Waals surface area contributed by atoms with Crippen LogP contribution in [0.15, 0.2) is 18.2 Å². The molecule has 1 aromatic carbocycles. The van der Waals surface area contributed by atoms with Crippen molar-refractivity contribution in [3.8, 4) is 17.6 Å². The molecule has 0 saturated carbocycles. The van der Waals surface area contributed by atoms with Crippen molar-refractivity contribution in [2.24, 2.45) is 0 Å². The van der Waals surface area contributed by atoms with Gasteiger partial charge in [-0.2, -0.15) is 0 Å². The molecule has 1 rings (SSSR count). The third kappa shape index (κ3) is 5.78. The van der Waals surface area contributed by atoms with Gasteiger partial charge in [-0.25, -0.2) is 0 Å². The largest absolute Gasteiger partial charge is 0.490 e. The summed E-state index contributed by atoms with van der Waals surface area (Å²) >= 11 is 0. The number of ether oxygens (including phenoxy) is 1. The minimum Gasteiger partial charge on any atom is -0.490 e. The zero-order valence-corrected chi connectivity index (χ0v) is 12.0. The molecule has 0 amide bonds. The molecular formula is C16H23NO2. The van der Waals surface area contributed by atoms with E-state index in [0.717, 1.165) is 29.8 Å². The van der Waals surface area contributed by atoms with Crippen LogP contribution in [-0.4, -0.2) is 30.9 Å². The Labute approximate surface area is 116 Å². The highest BCUT2D eigenvalue weighted by molar-refractivity contribution is 5.39. The van der Waals surface area contributed by atoms with Gasteiger partial charge >= 0.3 is 0 Å². The predicted octanol–water partition coefficient (Wildman–Crippen LogP) is 2.05. The second-order valence-corrected chi connectivity index (χ2v) is 4.57. The second kappa shape index (κ2) is 8.58. The maximum absolute atomic E-state index is 9.83. The minimum atomic E-state index is -0.506. The molecule has 0 heterocycles. The van der Waals surface area contributed by atoms with Gasteiger partial charge in [-0.05, 0) is 31.9 Å². The molecule has 1 aromatic rings. The molecule has 0 bridgehead atoms. The number of hydrogen-bond acceptors (Lipinski definition) is 3. The van der Waals surface area contributed by atoms with E-state index in [0.29, 0.717) is 13.2 Å². The van der Waals surface area contributed by atoms with E-state index in [4.69, 9.17) is 4.74 Å². The molecular weight excluding hydrogens is 238 g/mol. The number of aliphatic hydroxyl groups excluding tert-OH is 1. The van der Waals surface area contributed by atoms with Crippen molar-refractivity contribution >= 4 is 0 Å². The zero-order valence-electron chi connectivity index (χ0n) is 12.0. The summed E-state index contributed by atoms with van der Waals surface area (Å²) in [6.07, 6.45) is 0.301. The first-order chi connectivity index (χ1) is 9.15. The predicted molar refractivity (Wildman–Crippen MR) is 78.4 cm³/mol. The molecule has 19 heavy (non-hydrogen) atoms. The lowest BCUT2D eigenvalue weighted by molar-refractivity contribution is 0.106. The van der Waals surface area contributed by atoms with E-state index in [9.17, 15) is 5.11 Å². The van der Waals surface area contributed by atoms with E-state index in [1.807, 2.05) is 39.0 Å². The van der Waals surface area contributed by atoms with Crippen LogP contribution in [0.5, 0.6) is 5.75 Å². The van der Waals surface area contributed by atoms with Crippen LogP contribution in [0.3, 0.4) is 0 Å². The average molecular weight is 261 g/mol. The normalized spacial score (nSPS) is 11.6. The lowest BCUT2D eigenvalue weighted by Gasteiger charge is -2.15. The quantitative estimate of drug-likeness (QED) is 0.583. The number of para-hydroxylation sites is 1. The fourth-order valence-electron chi connectivity index (χ4n) is 1.81. The van der Waals surface area contributed by atoms with Crippen LogP contribution in [0.4, 0.5) is 0 Å². The Kier molecular flexibility index (Phi) is 7.02. The summed E-state index contributed by atoms with van der Waals surface area (Å²) in [6, 6.07) is 6.02. The third-order valence-corrected chi connectivity index (χ3v) is 2.81. The van der Waals surface area contributed by atoms with Crippen LogP contribution in [0.1, 0.15) is 24.5 Å². The number of nitrogens with one attached hydrogen (secondary N) is 1. The van der Waals surface area contributed by atoms with Crippen molar-refractivity contribution in [2.45, 2.75) is 33.3 Å². The Morgan fingerprint density at radius 2 is 2.00 bits per heavy atom. The molecule has 0 aliphatic rings. The highest BCUT2D eigenvalue weighted by Gasteiger charge is 2.07. The molecule has 0 saturated heterocycles. The van der Waals surface area contributed by atoms with Gasteiger partial charge in [0.05, 0.1) is 0 Å². The summed E-state index contributed by atoms with van der Waals surface area (Å²) in [5, 5.41) is 13.0. The summed E-state index contributed by atoms with van der Waals surface area (Å²) in [6.45, 7) is 7.47. The Bertz CT molecular complexity index is 426. The molecule has 0 radical (unpaired) electrons. The fraction of sp³-hybridized carbons (Fsp3) is 0.500. The molecule has 0 aliphatic heterocycles. The summed E-state index contributed by atoms with van der Waals surface area (Å²) in [4.78, 5) is 0. The van der Waals surface area contributed by atoms with Crippen molar-refractivity contribution in [1.82, 2.24) is 5.32 Å². The summed E-state index contributed by atoms with van der Waals surface area (Å²) in [7, 11) is 0. The van der Waals surface area contributed by atoms with Crippen LogP contribution < -0.4 is 10.1 Å². The summed E-state index contributed by atoms with van der Waals surface area (Å²) < 4.78 is 5.69. The van der Waals surface area contributed by atoms with Gasteiger partial charge in [-0.15, -0.1) is 11.8 Å². The van der Waals surface area contributed by atoms with Crippen molar-refractivity contribution in [3.63, 3.8) is 0 Å². The van der Waals surface area contributed by atoms with Gasteiger partial charge in [0.25, 0.3) is 0 Å². The van der Waals surface area contributed by atoms with E-state index in [1.54, 1.807) is 0 Å². The van der Waals surface area contributed by atoms with Gasteiger partial charge in [0.2, 0.25) is 0 Å². The second-order valence-electron chi connectivity index (χ2n) is 4.57. The number of rotatable bonds is 7. The monoisotopic (exact) mass is 261 g/mol. The molecule has 0 aliphatic carbocycles. The van der Waals surface area contributed by atoms with Gasteiger partial charge in [0.15, 0.2) is 0 Å². The third-order valence-electron chi connectivity index (χ3n) is 2.81. The number of hydrogen-bond donors (Lipinski definition) is 2. The molecule has 0 spiro atoms. The van der Waals surface area contributed by atoms with E-state index >= 15 is 0 Å². The first kappa shape index (κ1) is 15.6. The first-order valence-corrected chi connectivity index (χ1v) is 6.62. The van der Waals surface area contributed by atoms with Gasteiger partial charge in [-0.1, -0.05) is 18.2 Å². The lowest BCUT2D eigenvalue weighted by Crippen LogP contribution is -2.32. The highest BCUT2D eigenvalue weighted by Crippen LogP contribution is 2.22. The number of aliphatic hydroxyl groups is 1. The van der Waals surface area contributed by atoms with Crippen molar-refractivity contribution in [3.05, 3.63) is 29.3 Å². The lowest BCUT2D eigenvalue weighted by atomic mass is 10.1. The molecule has 104 valence electrons. The Morgan fingerprint density at radius 1 is 1.32 bits per heavy atom. The molecule has 3 nitrogen and oxygen atoms in total. The van der Waals surface area contributed by atoms with Crippen LogP contribution in [0.2, 0.25) is 0 Å². The molecule has 1 unspecified atom stereocenters. The highest BCUT2D eigenvalue weighted by atomic mass is 16.5. The van der Waals surface area contributed by atoms with Crippen LogP contribution in [0, 0.1) is 25.7 Å². The Balaban J connectivity index is 2.29. The van der Waals surface area contributed by atoms with Gasteiger partial charge in [0, 0.05) is 19.5 Å². The zero-order chi connectivity index (χ0) is 14.1. The van der Waals surface area contributed by atoms with Gasteiger partial charge < -0.3 is 15.2 Å². The van der Waals surface area contributed by atoms with Crippen LogP contribution in [0.25, 0.3) is 0 Å². The molecule has 2 N–H and O–H groups in total. The van der Waals surface area contributed by atoms with Crippen molar-refractivity contribution in [2.75, 3.05) is 19.7 Å². The van der Waals surface area contributed by atoms with Crippen LogP contribution in [-0.2, 0) is 0 Å². The van der Waals surface area contributed by atoms with E-state index in [-0.39, 0.29) is 0 Å². The first-order valence-electron chi connectivity index (χ1n) is 6.62. The molecule has 0 fully saturated rings.